The maximum absolute atomic E-state index is 11.0. The molecule has 1 saturated carbocycles. The maximum Gasteiger partial charge on any atom is 0.221 e. The van der Waals surface area contributed by atoms with Gasteiger partial charge in [0, 0.05) is 12.6 Å². The number of hydrogen-bond acceptors (Lipinski definition) is 1. The zero-order valence-corrected chi connectivity index (χ0v) is 13.5. The minimum atomic E-state index is -0.00432. The number of amides is 1. The second kappa shape index (κ2) is 8.21. The van der Waals surface area contributed by atoms with Crippen LogP contribution >= 0.6 is 0 Å². The largest absolute Gasteiger partial charge is 0.326 e. The van der Waals surface area contributed by atoms with E-state index in [2.05, 4.69) is 24.4 Å². The third-order valence-electron chi connectivity index (χ3n) is 4.77. The van der Waals surface area contributed by atoms with Crippen molar-refractivity contribution in [1.82, 2.24) is 0 Å². The number of hydrogen-bond donors (Lipinski definition) is 1. The summed E-state index contributed by atoms with van der Waals surface area (Å²) in [5.41, 5.74) is 2.34. The van der Waals surface area contributed by atoms with Crippen molar-refractivity contribution in [2.24, 2.45) is 5.92 Å². The Kier molecular flexibility index (Phi) is 6.28. The summed E-state index contributed by atoms with van der Waals surface area (Å²) in [5.74, 6) is 1.68. The van der Waals surface area contributed by atoms with Gasteiger partial charge < -0.3 is 5.32 Å². The normalized spacial score (nSPS) is 22.0. The summed E-state index contributed by atoms with van der Waals surface area (Å²) in [7, 11) is 0. The van der Waals surface area contributed by atoms with Gasteiger partial charge >= 0.3 is 0 Å². The van der Waals surface area contributed by atoms with Gasteiger partial charge in [0.25, 0.3) is 0 Å². The smallest absolute Gasteiger partial charge is 0.221 e. The monoisotopic (exact) mass is 287 g/mol. The Morgan fingerprint density at radius 3 is 2.33 bits per heavy atom. The van der Waals surface area contributed by atoms with Gasteiger partial charge in [-0.1, -0.05) is 44.7 Å². The first kappa shape index (κ1) is 16.1. The maximum atomic E-state index is 11.0. The van der Waals surface area contributed by atoms with Crippen molar-refractivity contribution in [1.29, 1.82) is 0 Å². The van der Waals surface area contributed by atoms with E-state index in [1.807, 2.05) is 12.1 Å². The molecule has 0 unspecified atom stereocenters. The van der Waals surface area contributed by atoms with Gasteiger partial charge in [0.1, 0.15) is 0 Å². The fraction of sp³-hybridized carbons (Fsp3) is 0.632. The van der Waals surface area contributed by atoms with E-state index in [-0.39, 0.29) is 5.91 Å². The van der Waals surface area contributed by atoms with E-state index < -0.39 is 0 Å². The molecule has 2 nitrogen and oxygen atoms in total. The SMILES string of the molecule is CCCCCC1CCC(c2ccc(NC(C)=O)cc2)CC1. The molecule has 1 aromatic carbocycles. The summed E-state index contributed by atoms with van der Waals surface area (Å²) >= 11 is 0. The molecule has 1 aromatic rings. The van der Waals surface area contributed by atoms with Crippen molar-refractivity contribution < 1.29 is 4.79 Å². The lowest BCUT2D eigenvalue weighted by molar-refractivity contribution is -0.114. The predicted octanol–water partition coefficient (Wildman–Crippen LogP) is 5.50. The molecule has 0 aromatic heterocycles. The number of carbonyl (C=O) groups is 1. The van der Waals surface area contributed by atoms with Crippen molar-refractivity contribution in [2.75, 3.05) is 5.32 Å². The van der Waals surface area contributed by atoms with E-state index in [0.717, 1.165) is 17.5 Å². The number of unbranched alkanes of at least 4 members (excludes halogenated alkanes) is 2. The van der Waals surface area contributed by atoms with E-state index in [0.29, 0.717) is 0 Å². The fourth-order valence-corrected chi connectivity index (χ4v) is 3.51. The third kappa shape index (κ3) is 5.18. The molecule has 1 aliphatic rings. The number of nitrogens with one attached hydrogen (secondary N) is 1. The van der Waals surface area contributed by atoms with Crippen molar-refractivity contribution >= 4 is 11.6 Å². The minimum Gasteiger partial charge on any atom is -0.326 e. The Labute approximate surface area is 129 Å². The van der Waals surface area contributed by atoms with Gasteiger partial charge in [-0.25, -0.2) is 0 Å². The van der Waals surface area contributed by atoms with Crippen LogP contribution in [0, 0.1) is 5.92 Å². The van der Waals surface area contributed by atoms with E-state index in [1.165, 1.54) is 56.9 Å². The Balaban J connectivity index is 1.80. The van der Waals surface area contributed by atoms with Crippen molar-refractivity contribution in [3.63, 3.8) is 0 Å². The quantitative estimate of drug-likeness (QED) is 0.688. The second-order valence-electron chi connectivity index (χ2n) is 6.52. The molecular formula is C19H29NO. The number of carbonyl (C=O) groups excluding carboxylic acids is 1. The standard InChI is InChI=1S/C19H29NO/c1-3-4-5-6-16-7-9-17(10-8-16)18-11-13-19(14-12-18)20-15(2)21/h11-14,16-17H,3-10H2,1-2H3,(H,20,21). The van der Waals surface area contributed by atoms with Crippen molar-refractivity contribution in [3.8, 4) is 0 Å². The van der Waals surface area contributed by atoms with E-state index in [1.54, 1.807) is 6.92 Å². The van der Waals surface area contributed by atoms with Gasteiger partial charge in [-0.05, 0) is 55.2 Å². The lowest BCUT2D eigenvalue weighted by Gasteiger charge is -2.29. The van der Waals surface area contributed by atoms with Crippen LogP contribution in [0.5, 0.6) is 0 Å². The van der Waals surface area contributed by atoms with Crippen LogP contribution in [-0.2, 0) is 4.79 Å². The molecule has 0 atom stereocenters. The number of anilines is 1. The van der Waals surface area contributed by atoms with E-state index in [4.69, 9.17) is 0 Å². The molecule has 2 heteroatoms. The van der Waals surface area contributed by atoms with Gasteiger partial charge in [0.2, 0.25) is 5.91 Å². The highest BCUT2D eigenvalue weighted by Gasteiger charge is 2.21. The van der Waals surface area contributed by atoms with Gasteiger partial charge in [0.15, 0.2) is 0 Å². The molecule has 0 bridgehead atoms. The predicted molar refractivity (Wildman–Crippen MR) is 89.6 cm³/mol. The Hall–Kier alpha value is -1.31. The van der Waals surface area contributed by atoms with Gasteiger partial charge in [-0.3, -0.25) is 4.79 Å². The average Bonchev–Trinajstić information content (AvgIpc) is 2.49. The minimum absolute atomic E-state index is 0.00432. The number of benzene rings is 1. The first-order chi connectivity index (χ1) is 10.2. The highest BCUT2D eigenvalue weighted by molar-refractivity contribution is 5.88. The highest BCUT2D eigenvalue weighted by atomic mass is 16.1. The molecule has 0 aliphatic heterocycles. The van der Waals surface area contributed by atoms with Crippen LogP contribution in [0.25, 0.3) is 0 Å². The molecule has 0 saturated heterocycles. The molecule has 1 amide bonds. The van der Waals surface area contributed by atoms with E-state index in [9.17, 15) is 4.79 Å². The molecule has 1 N–H and O–H groups in total. The molecule has 0 radical (unpaired) electrons. The summed E-state index contributed by atoms with van der Waals surface area (Å²) in [6, 6.07) is 8.44. The Morgan fingerprint density at radius 1 is 1.10 bits per heavy atom. The van der Waals surface area contributed by atoms with E-state index >= 15 is 0 Å². The summed E-state index contributed by atoms with van der Waals surface area (Å²) < 4.78 is 0. The van der Waals surface area contributed by atoms with Crippen molar-refractivity contribution in [2.45, 2.75) is 71.1 Å². The van der Waals surface area contributed by atoms with Gasteiger partial charge in [0.05, 0.1) is 0 Å². The lowest BCUT2D eigenvalue weighted by atomic mass is 9.77. The molecule has 1 fully saturated rings. The van der Waals surface area contributed by atoms with Crippen LogP contribution in [0.15, 0.2) is 24.3 Å². The molecule has 21 heavy (non-hydrogen) atoms. The van der Waals surface area contributed by atoms with Crippen LogP contribution in [0.3, 0.4) is 0 Å². The third-order valence-corrected chi connectivity index (χ3v) is 4.77. The summed E-state index contributed by atoms with van der Waals surface area (Å²) in [6.07, 6.45) is 11.0. The molecule has 2 rings (SSSR count). The zero-order valence-electron chi connectivity index (χ0n) is 13.5. The second-order valence-corrected chi connectivity index (χ2v) is 6.52. The summed E-state index contributed by atoms with van der Waals surface area (Å²) in [5, 5.41) is 2.83. The van der Waals surface area contributed by atoms with Crippen molar-refractivity contribution in [3.05, 3.63) is 29.8 Å². The van der Waals surface area contributed by atoms with Crippen LogP contribution in [0.2, 0.25) is 0 Å². The zero-order chi connectivity index (χ0) is 15.1. The highest BCUT2D eigenvalue weighted by Crippen LogP contribution is 2.37. The van der Waals surface area contributed by atoms with Crippen LogP contribution < -0.4 is 5.32 Å². The summed E-state index contributed by atoms with van der Waals surface area (Å²) in [4.78, 5) is 11.0. The molecular weight excluding hydrogens is 258 g/mol. The Morgan fingerprint density at radius 2 is 1.76 bits per heavy atom. The average molecular weight is 287 g/mol. The summed E-state index contributed by atoms with van der Waals surface area (Å²) in [6.45, 7) is 3.83. The first-order valence-corrected chi connectivity index (χ1v) is 8.56. The van der Waals surface area contributed by atoms with Crippen LogP contribution in [0.1, 0.15) is 76.7 Å². The molecule has 0 heterocycles. The fourth-order valence-electron chi connectivity index (χ4n) is 3.51. The lowest BCUT2D eigenvalue weighted by Crippen LogP contribution is -2.13. The van der Waals surface area contributed by atoms with Gasteiger partial charge in [-0.15, -0.1) is 0 Å². The Bertz CT molecular complexity index is 429. The van der Waals surface area contributed by atoms with Gasteiger partial charge in [-0.2, -0.15) is 0 Å². The topological polar surface area (TPSA) is 29.1 Å². The number of rotatable bonds is 6. The first-order valence-electron chi connectivity index (χ1n) is 8.56. The molecule has 0 spiro atoms. The van der Waals surface area contributed by atoms with Crippen LogP contribution in [0.4, 0.5) is 5.69 Å². The molecule has 1 aliphatic carbocycles. The molecule has 116 valence electrons. The van der Waals surface area contributed by atoms with Crippen LogP contribution in [-0.4, -0.2) is 5.91 Å².